The Labute approximate surface area is 252 Å². The van der Waals surface area contributed by atoms with Crippen molar-refractivity contribution >= 4 is 50.7 Å². The molecule has 0 saturated carbocycles. The molecule has 0 spiro atoms. The maximum absolute atomic E-state index is 14.1. The Morgan fingerprint density at radius 2 is 1.63 bits per heavy atom. The summed E-state index contributed by atoms with van der Waals surface area (Å²) >= 11 is 12.3. The average molecular weight is 621 g/mol. The normalized spacial score (nSPS) is 11.9. The molecule has 220 valence electrons. The van der Waals surface area contributed by atoms with Gasteiger partial charge in [0.15, 0.2) is 0 Å². The van der Waals surface area contributed by atoms with Gasteiger partial charge in [0.25, 0.3) is 10.0 Å². The molecule has 1 N–H and O–H groups in total. The van der Waals surface area contributed by atoms with Gasteiger partial charge < -0.3 is 15.0 Å². The molecule has 3 rings (SSSR count). The minimum absolute atomic E-state index is 0.0281. The molecule has 3 aromatic carbocycles. The highest BCUT2D eigenvalue weighted by atomic mass is 35.5. The number of halogens is 2. The van der Waals surface area contributed by atoms with Crippen molar-refractivity contribution in [3.63, 3.8) is 0 Å². The zero-order valence-corrected chi connectivity index (χ0v) is 25.7. The van der Waals surface area contributed by atoms with Crippen LogP contribution in [0.2, 0.25) is 10.0 Å². The summed E-state index contributed by atoms with van der Waals surface area (Å²) in [4.78, 5) is 28.7. The van der Waals surface area contributed by atoms with E-state index >= 15 is 0 Å². The molecule has 1 atom stereocenters. The van der Waals surface area contributed by atoms with E-state index in [0.29, 0.717) is 28.8 Å². The van der Waals surface area contributed by atoms with Crippen LogP contribution in [0.3, 0.4) is 0 Å². The molecule has 0 aromatic heterocycles. The minimum atomic E-state index is -4.22. The lowest BCUT2D eigenvalue weighted by atomic mass is 10.1. The van der Waals surface area contributed by atoms with E-state index in [4.69, 9.17) is 27.9 Å². The Morgan fingerprint density at radius 3 is 2.22 bits per heavy atom. The topological polar surface area (TPSA) is 96.0 Å². The number of ether oxygens (including phenoxy) is 1. The molecule has 0 aliphatic rings. The fourth-order valence-corrected chi connectivity index (χ4v) is 5.96. The maximum Gasteiger partial charge on any atom is 0.264 e. The zero-order valence-electron chi connectivity index (χ0n) is 23.3. The number of anilines is 1. The van der Waals surface area contributed by atoms with Crippen molar-refractivity contribution in [2.45, 2.75) is 50.6 Å². The van der Waals surface area contributed by atoms with Crippen LogP contribution in [0.15, 0.2) is 77.7 Å². The van der Waals surface area contributed by atoms with Crippen LogP contribution in [0.1, 0.15) is 38.7 Å². The van der Waals surface area contributed by atoms with Gasteiger partial charge in [0.1, 0.15) is 18.3 Å². The molecule has 0 saturated heterocycles. The summed E-state index contributed by atoms with van der Waals surface area (Å²) in [7, 11) is -2.74. The summed E-state index contributed by atoms with van der Waals surface area (Å²) in [6, 6.07) is 18.3. The van der Waals surface area contributed by atoms with Crippen molar-refractivity contribution in [1.29, 1.82) is 0 Å². The Morgan fingerprint density at radius 1 is 0.951 bits per heavy atom. The molecule has 0 aliphatic heterocycles. The van der Waals surface area contributed by atoms with Crippen molar-refractivity contribution in [1.82, 2.24) is 10.2 Å². The number of nitrogens with zero attached hydrogens (tertiary/aromatic N) is 2. The number of sulfonamides is 1. The van der Waals surface area contributed by atoms with E-state index in [1.807, 2.05) is 13.8 Å². The van der Waals surface area contributed by atoms with E-state index in [9.17, 15) is 18.0 Å². The highest BCUT2D eigenvalue weighted by Gasteiger charge is 2.33. The Balaban J connectivity index is 2.03. The highest BCUT2D eigenvalue weighted by molar-refractivity contribution is 7.92. The Bertz CT molecular complexity index is 1420. The van der Waals surface area contributed by atoms with Gasteiger partial charge in [0, 0.05) is 23.1 Å². The second kappa shape index (κ2) is 15.1. The molecule has 0 unspecified atom stereocenters. The molecule has 0 radical (unpaired) electrons. The fourth-order valence-electron chi connectivity index (χ4n) is 4.25. The lowest BCUT2D eigenvalue weighted by Gasteiger charge is -2.33. The van der Waals surface area contributed by atoms with Crippen LogP contribution in [0.5, 0.6) is 5.75 Å². The summed E-state index contributed by atoms with van der Waals surface area (Å²) in [5.41, 5.74) is 0.962. The number of amides is 2. The van der Waals surface area contributed by atoms with Gasteiger partial charge in [0.2, 0.25) is 11.8 Å². The third-order valence-electron chi connectivity index (χ3n) is 6.50. The molecule has 0 aliphatic carbocycles. The van der Waals surface area contributed by atoms with E-state index in [-0.39, 0.29) is 23.0 Å². The van der Waals surface area contributed by atoms with Crippen LogP contribution in [0.25, 0.3) is 0 Å². The molecular weight excluding hydrogens is 585 g/mol. The number of carbonyl (C=O) groups is 2. The molecule has 2 amide bonds. The van der Waals surface area contributed by atoms with Crippen molar-refractivity contribution in [3.8, 4) is 5.75 Å². The van der Waals surface area contributed by atoms with Gasteiger partial charge in [-0.1, -0.05) is 61.7 Å². The van der Waals surface area contributed by atoms with Crippen molar-refractivity contribution < 1.29 is 22.7 Å². The second-order valence-electron chi connectivity index (χ2n) is 9.38. The van der Waals surface area contributed by atoms with Gasteiger partial charge in [-0.2, -0.15) is 0 Å². The predicted octanol–water partition coefficient (Wildman–Crippen LogP) is 5.92. The zero-order chi connectivity index (χ0) is 30.0. The lowest BCUT2D eigenvalue weighted by molar-refractivity contribution is -0.140. The first-order valence-corrected chi connectivity index (χ1v) is 15.5. The number of hydrogen-bond donors (Lipinski definition) is 1. The first-order chi connectivity index (χ1) is 19.6. The standard InChI is InChI=1S/C30H35Cl2N3O5S/c1-4-6-18-33-30(37)28(5-2)34(20-22-10-12-23(31)13-11-22)29(36)21-35(25-9-7-8-24(32)19-25)41(38,39)27-16-14-26(40-3)15-17-27/h7-17,19,28H,4-6,18,20-21H2,1-3H3,(H,33,37)/t28-/m0/s1. The number of methoxy groups -OCH3 is 1. The number of benzene rings is 3. The third-order valence-corrected chi connectivity index (χ3v) is 8.78. The summed E-state index contributed by atoms with van der Waals surface area (Å²) in [5.74, 6) is -0.353. The highest BCUT2D eigenvalue weighted by Crippen LogP contribution is 2.28. The minimum Gasteiger partial charge on any atom is -0.497 e. The van der Waals surface area contributed by atoms with Crippen LogP contribution in [-0.2, 0) is 26.2 Å². The van der Waals surface area contributed by atoms with E-state index < -0.39 is 28.5 Å². The van der Waals surface area contributed by atoms with Gasteiger partial charge in [-0.3, -0.25) is 13.9 Å². The summed E-state index contributed by atoms with van der Waals surface area (Å²) in [5, 5.41) is 3.75. The van der Waals surface area contributed by atoms with Crippen LogP contribution in [0, 0.1) is 0 Å². The number of hydrogen-bond acceptors (Lipinski definition) is 5. The smallest absolute Gasteiger partial charge is 0.264 e. The largest absolute Gasteiger partial charge is 0.497 e. The van der Waals surface area contributed by atoms with Crippen molar-refractivity contribution in [2.24, 2.45) is 0 Å². The number of rotatable bonds is 14. The predicted molar refractivity (Wildman–Crippen MR) is 163 cm³/mol. The molecule has 0 bridgehead atoms. The second-order valence-corrected chi connectivity index (χ2v) is 12.1. The number of unbranched alkanes of at least 4 members (excludes halogenated alkanes) is 1. The number of nitrogens with one attached hydrogen (secondary N) is 1. The molecule has 8 nitrogen and oxygen atoms in total. The molecule has 41 heavy (non-hydrogen) atoms. The van der Waals surface area contributed by atoms with Gasteiger partial charge in [-0.15, -0.1) is 0 Å². The SMILES string of the molecule is CCCCNC(=O)[C@H](CC)N(Cc1ccc(Cl)cc1)C(=O)CN(c1cccc(Cl)c1)S(=O)(=O)c1ccc(OC)cc1. The van der Waals surface area contributed by atoms with Crippen LogP contribution >= 0.6 is 23.2 Å². The Kier molecular flexibility index (Phi) is 11.9. The molecule has 0 heterocycles. The van der Waals surface area contributed by atoms with Gasteiger partial charge in [-0.25, -0.2) is 8.42 Å². The fraction of sp³-hybridized carbons (Fsp3) is 0.333. The Hall–Kier alpha value is -3.27. The first kappa shape index (κ1) is 32.2. The quantitative estimate of drug-likeness (QED) is 0.226. The van der Waals surface area contributed by atoms with Crippen LogP contribution in [0.4, 0.5) is 5.69 Å². The van der Waals surface area contributed by atoms with E-state index in [1.54, 1.807) is 42.5 Å². The van der Waals surface area contributed by atoms with Gasteiger partial charge in [-0.05, 0) is 73.0 Å². The molecular formula is C30H35Cl2N3O5S. The van der Waals surface area contributed by atoms with E-state index in [1.165, 1.54) is 42.3 Å². The third kappa shape index (κ3) is 8.61. The molecule has 11 heteroatoms. The molecule has 0 fully saturated rings. The van der Waals surface area contributed by atoms with E-state index in [0.717, 1.165) is 22.7 Å². The van der Waals surface area contributed by atoms with E-state index in [2.05, 4.69) is 5.32 Å². The van der Waals surface area contributed by atoms with Crippen LogP contribution < -0.4 is 14.4 Å². The van der Waals surface area contributed by atoms with Crippen molar-refractivity contribution in [2.75, 3.05) is 24.5 Å². The first-order valence-electron chi connectivity index (χ1n) is 13.3. The summed E-state index contributed by atoms with van der Waals surface area (Å²) < 4.78 is 34.0. The summed E-state index contributed by atoms with van der Waals surface area (Å²) in [6.45, 7) is 3.85. The lowest BCUT2D eigenvalue weighted by Crippen LogP contribution is -2.52. The monoisotopic (exact) mass is 619 g/mol. The number of carbonyl (C=O) groups excluding carboxylic acids is 2. The van der Waals surface area contributed by atoms with Gasteiger partial charge >= 0.3 is 0 Å². The summed E-state index contributed by atoms with van der Waals surface area (Å²) in [6.07, 6.45) is 2.04. The average Bonchev–Trinajstić information content (AvgIpc) is 2.96. The molecule has 3 aromatic rings. The van der Waals surface area contributed by atoms with Gasteiger partial charge in [0.05, 0.1) is 17.7 Å². The van der Waals surface area contributed by atoms with Crippen molar-refractivity contribution in [3.05, 3.63) is 88.4 Å². The maximum atomic E-state index is 14.1. The van der Waals surface area contributed by atoms with Crippen LogP contribution in [-0.4, -0.2) is 51.4 Å².